The van der Waals surface area contributed by atoms with E-state index in [2.05, 4.69) is 10.6 Å². The predicted octanol–water partition coefficient (Wildman–Crippen LogP) is 4.93. The Hall–Kier alpha value is -3.74. The third-order valence-corrected chi connectivity index (χ3v) is 4.54. The molecular formula is C22H22N2O5. The van der Waals surface area contributed by atoms with E-state index in [0.29, 0.717) is 28.7 Å². The van der Waals surface area contributed by atoms with Crippen LogP contribution in [0.3, 0.4) is 0 Å². The van der Waals surface area contributed by atoms with Crippen molar-refractivity contribution >= 4 is 22.7 Å². The smallest absolute Gasteiger partial charge is 0.231 e. The number of hydrogen-bond donors (Lipinski definition) is 2. The molecule has 0 saturated heterocycles. The molecule has 0 spiro atoms. The van der Waals surface area contributed by atoms with Crippen molar-refractivity contribution in [3.63, 3.8) is 0 Å². The van der Waals surface area contributed by atoms with E-state index in [-0.39, 0.29) is 6.79 Å². The molecule has 0 fully saturated rings. The Morgan fingerprint density at radius 3 is 1.97 bits per heavy atom. The maximum atomic E-state index is 5.59. The second kappa shape index (κ2) is 8.10. The number of benzene rings is 3. The number of fused-ring (bicyclic) bond motifs is 1. The van der Waals surface area contributed by atoms with E-state index >= 15 is 0 Å². The standard InChI is InChI=1S/C22H22N2O5/c1-25-18-10-9-15(21(26-2)22(18)27-3)24-17-12-20-19(28-13-29-20)11-16(17)23-14-7-5-4-6-8-14/h4-12,23-24H,13H2,1-3H3. The molecule has 0 radical (unpaired) electrons. The summed E-state index contributed by atoms with van der Waals surface area (Å²) in [5.41, 5.74) is 3.30. The molecule has 0 aromatic heterocycles. The molecule has 4 rings (SSSR count). The summed E-state index contributed by atoms with van der Waals surface area (Å²) < 4.78 is 27.5. The Labute approximate surface area is 169 Å². The number of nitrogens with one attached hydrogen (secondary N) is 2. The van der Waals surface area contributed by atoms with Crippen LogP contribution in [0.4, 0.5) is 22.7 Å². The van der Waals surface area contributed by atoms with Gasteiger partial charge in [0.05, 0.1) is 38.4 Å². The highest BCUT2D eigenvalue weighted by Crippen LogP contribution is 2.46. The van der Waals surface area contributed by atoms with E-state index in [4.69, 9.17) is 23.7 Å². The quantitative estimate of drug-likeness (QED) is 0.589. The zero-order valence-corrected chi connectivity index (χ0v) is 16.4. The van der Waals surface area contributed by atoms with Crippen LogP contribution in [-0.2, 0) is 0 Å². The van der Waals surface area contributed by atoms with E-state index in [0.717, 1.165) is 22.7 Å². The summed E-state index contributed by atoms with van der Waals surface area (Å²) in [6.45, 7) is 0.198. The van der Waals surface area contributed by atoms with Gasteiger partial charge in [-0.2, -0.15) is 0 Å². The highest BCUT2D eigenvalue weighted by Gasteiger charge is 2.20. The number of rotatable bonds is 7. The van der Waals surface area contributed by atoms with Gasteiger partial charge in [-0.15, -0.1) is 0 Å². The summed E-state index contributed by atoms with van der Waals surface area (Å²) in [6, 6.07) is 17.4. The van der Waals surface area contributed by atoms with E-state index < -0.39 is 0 Å². The minimum Gasteiger partial charge on any atom is -0.493 e. The molecule has 7 nitrogen and oxygen atoms in total. The van der Waals surface area contributed by atoms with Crippen LogP contribution >= 0.6 is 0 Å². The van der Waals surface area contributed by atoms with Gasteiger partial charge in [-0.05, 0) is 24.3 Å². The third kappa shape index (κ3) is 3.67. The molecule has 0 atom stereocenters. The minimum atomic E-state index is 0.198. The highest BCUT2D eigenvalue weighted by atomic mass is 16.7. The topological polar surface area (TPSA) is 70.2 Å². The molecule has 3 aromatic carbocycles. The zero-order valence-electron chi connectivity index (χ0n) is 16.4. The van der Waals surface area contributed by atoms with Gasteiger partial charge >= 0.3 is 0 Å². The van der Waals surface area contributed by atoms with Crippen molar-refractivity contribution in [3.8, 4) is 28.7 Å². The second-order valence-corrected chi connectivity index (χ2v) is 6.25. The van der Waals surface area contributed by atoms with Gasteiger partial charge in [0.1, 0.15) is 0 Å². The number of para-hydroxylation sites is 1. The monoisotopic (exact) mass is 394 g/mol. The molecule has 0 unspecified atom stereocenters. The molecule has 0 amide bonds. The molecule has 150 valence electrons. The first kappa shape index (κ1) is 18.6. The Balaban J connectivity index is 1.75. The van der Waals surface area contributed by atoms with Gasteiger partial charge in [0.25, 0.3) is 0 Å². The van der Waals surface area contributed by atoms with Gasteiger partial charge in [-0.3, -0.25) is 0 Å². The van der Waals surface area contributed by atoms with E-state index in [1.54, 1.807) is 21.3 Å². The van der Waals surface area contributed by atoms with Gasteiger partial charge in [-0.25, -0.2) is 0 Å². The lowest BCUT2D eigenvalue weighted by Gasteiger charge is -2.19. The largest absolute Gasteiger partial charge is 0.493 e. The molecule has 0 aliphatic carbocycles. The van der Waals surface area contributed by atoms with Crippen LogP contribution in [0.25, 0.3) is 0 Å². The number of ether oxygens (including phenoxy) is 5. The van der Waals surface area contributed by atoms with Crippen LogP contribution in [-0.4, -0.2) is 28.1 Å². The maximum absolute atomic E-state index is 5.59. The molecule has 7 heteroatoms. The Kier molecular flexibility index (Phi) is 5.20. The van der Waals surface area contributed by atoms with Crippen LogP contribution in [0.1, 0.15) is 0 Å². The van der Waals surface area contributed by atoms with Gasteiger partial charge in [0.15, 0.2) is 23.0 Å². The van der Waals surface area contributed by atoms with Crippen LogP contribution in [0, 0.1) is 0 Å². The Bertz CT molecular complexity index is 1010. The first-order chi connectivity index (χ1) is 14.2. The molecule has 1 aliphatic rings. The van der Waals surface area contributed by atoms with Gasteiger partial charge in [0.2, 0.25) is 12.5 Å². The van der Waals surface area contributed by atoms with Crippen molar-refractivity contribution in [1.82, 2.24) is 0 Å². The number of anilines is 4. The highest BCUT2D eigenvalue weighted by molar-refractivity contribution is 5.84. The molecule has 1 heterocycles. The minimum absolute atomic E-state index is 0.198. The molecule has 1 aliphatic heterocycles. The van der Waals surface area contributed by atoms with Crippen molar-refractivity contribution < 1.29 is 23.7 Å². The summed E-state index contributed by atoms with van der Waals surface area (Å²) in [7, 11) is 4.75. The Morgan fingerprint density at radius 2 is 1.34 bits per heavy atom. The maximum Gasteiger partial charge on any atom is 0.231 e. The normalized spacial score (nSPS) is 11.7. The van der Waals surface area contributed by atoms with Gasteiger partial charge in [-0.1, -0.05) is 18.2 Å². The van der Waals surface area contributed by atoms with Crippen molar-refractivity contribution in [2.24, 2.45) is 0 Å². The average molecular weight is 394 g/mol. The van der Waals surface area contributed by atoms with Crippen molar-refractivity contribution in [2.45, 2.75) is 0 Å². The molecule has 0 saturated carbocycles. The van der Waals surface area contributed by atoms with Crippen LogP contribution < -0.4 is 34.3 Å². The van der Waals surface area contributed by atoms with Crippen LogP contribution in [0.5, 0.6) is 28.7 Å². The SMILES string of the molecule is COc1ccc(Nc2cc3c(cc2Nc2ccccc2)OCO3)c(OC)c1OC. The van der Waals surface area contributed by atoms with Crippen molar-refractivity contribution in [2.75, 3.05) is 38.8 Å². The summed E-state index contributed by atoms with van der Waals surface area (Å²) >= 11 is 0. The Morgan fingerprint density at radius 1 is 0.690 bits per heavy atom. The first-order valence-corrected chi connectivity index (χ1v) is 9.05. The summed E-state index contributed by atoms with van der Waals surface area (Å²) in [4.78, 5) is 0. The van der Waals surface area contributed by atoms with E-state index in [1.807, 2.05) is 54.6 Å². The lowest BCUT2D eigenvalue weighted by molar-refractivity contribution is 0.174. The molecular weight excluding hydrogens is 372 g/mol. The fourth-order valence-electron chi connectivity index (χ4n) is 3.17. The zero-order chi connectivity index (χ0) is 20.2. The lowest BCUT2D eigenvalue weighted by Crippen LogP contribution is -2.02. The average Bonchev–Trinajstić information content (AvgIpc) is 3.21. The third-order valence-electron chi connectivity index (χ3n) is 4.54. The second-order valence-electron chi connectivity index (χ2n) is 6.25. The summed E-state index contributed by atoms with van der Waals surface area (Å²) in [5.74, 6) is 3.00. The lowest BCUT2D eigenvalue weighted by atomic mass is 10.2. The van der Waals surface area contributed by atoms with Crippen LogP contribution in [0.15, 0.2) is 54.6 Å². The van der Waals surface area contributed by atoms with Crippen molar-refractivity contribution in [3.05, 3.63) is 54.6 Å². The fourth-order valence-corrected chi connectivity index (χ4v) is 3.17. The van der Waals surface area contributed by atoms with Crippen LogP contribution in [0.2, 0.25) is 0 Å². The number of hydrogen-bond acceptors (Lipinski definition) is 7. The molecule has 2 N–H and O–H groups in total. The molecule has 3 aromatic rings. The first-order valence-electron chi connectivity index (χ1n) is 9.05. The van der Waals surface area contributed by atoms with Gasteiger partial charge < -0.3 is 34.3 Å². The van der Waals surface area contributed by atoms with Crippen molar-refractivity contribution in [1.29, 1.82) is 0 Å². The fraction of sp³-hybridized carbons (Fsp3) is 0.182. The predicted molar refractivity (Wildman–Crippen MR) is 112 cm³/mol. The molecule has 29 heavy (non-hydrogen) atoms. The van der Waals surface area contributed by atoms with E-state index in [9.17, 15) is 0 Å². The van der Waals surface area contributed by atoms with E-state index in [1.165, 1.54) is 0 Å². The number of methoxy groups -OCH3 is 3. The summed E-state index contributed by atoms with van der Waals surface area (Å²) in [6.07, 6.45) is 0. The molecule has 0 bridgehead atoms. The van der Waals surface area contributed by atoms with Gasteiger partial charge in [0, 0.05) is 17.8 Å². The summed E-state index contributed by atoms with van der Waals surface area (Å²) in [5, 5.41) is 6.83.